The van der Waals surface area contributed by atoms with Crippen LogP contribution in [-0.2, 0) is 13.1 Å². The van der Waals surface area contributed by atoms with Crippen molar-refractivity contribution in [3.63, 3.8) is 0 Å². The van der Waals surface area contributed by atoms with Gasteiger partial charge >= 0.3 is 6.03 Å². The van der Waals surface area contributed by atoms with Gasteiger partial charge < -0.3 is 15.5 Å². The molecule has 0 unspecified atom stereocenters. The van der Waals surface area contributed by atoms with Crippen LogP contribution >= 0.6 is 0 Å². The van der Waals surface area contributed by atoms with Gasteiger partial charge in [0.1, 0.15) is 5.82 Å². The van der Waals surface area contributed by atoms with Gasteiger partial charge in [0.15, 0.2) is 0 Å². The number of carbonyl (C=O) groups is 1. The van der Waals surface area contributed by atoms with Crippen molar-refractivity contribution in [1.82, 2.24) is 20.6 Å². The van der Waals surface area contributed by atoms with Crippen LogP contribution in [0, 0.1) is 6.92 Å². The molecule has 126 valence electrons. The predicted octanol–water partition coefficient (Wildman–Crippen LogP) is 2.38. The second kappa shape index (κ2) is 7.77. The molecule has 2 amide bonds. The highest BCUT2D eigenvalue weighted by atomic mass is 16.2. The number of rotatable bonds is 5. The van der Waals surface area contributed by atoms with Gasteiger partial charge in [-0.15, -0.1) is 0 Å². The minimum absolute atomic E-state index is 0.196. The van der Waals surface area contributed by atoms with Crippen molar-refractivity contribution in [2.75, 3.05) is 18.0 Å². The van der Waals surface area contributed by atoms with Crippen LogP contribution in [0.4, 0.5) is 10.6 Å². The summed E-state index contributed by atoms with van der Waals surface area (Å²) in [7, 11) is 0. The first-order valence-electron chi connectivity index (χ1n) is 8.35. The molecule has 6 nitrogen and oxygen atoms in total. The summed E-state index contributed by atoms with van der Waals surface area (Å²) in [5.74, 6) is 0.996. The summed E-state index contributed by atoms with van der Waals surface area (Å²) in [6.45, 7) is 4.96. The molecule has 1 fully saturated rings. The zero-order valence-electron chi connectivity index (χ0n) is 14.0. The van der Waals surface area contributed by atoms with E-state index in [4.69, 9.17) is 0 Å². The van der Waals surface area contributed by atoms with Gasteiger partial charge in [0.05, 0.1) is 12.2 Å². The number of pyridine rings is 2. The molecular weight excluding hydrogens is 302 g/mol. The molecule has 6 heteroatoms. The highest BCUT2D eigenvalue weighted by Gasteiger charge is 2.13. The van der Waals surface area contributed by atoms with Crippen molar-refractivity contribution in [2.24, 2.45) is 0 Å². The minimum Gasteiger partial charge on any atom is -0.357 e. The van der Waals surface area contributed by atoms with Crippen LogP contribution in [0.3, 0.4) is 0 Å². The van der Waals surface area contributed by atoms with Crippen LogP contribution in [0.25, 0.3) is 0 Å². The van der Waals surface area contributed by atoms with Crippen molar-refractivity contribution in [1.29, 1.82) is 0 Å². The molecule has 3 heterocycles. The lowest BCUT2D eigenvalue weighted by molar-refractivity contribution is 0.240. The summed E-state index contributed by atoms with van der Waals surface area (Å²) in [5.41, 5.74) is 2.85. The lowest BCUT2D eigenvalue weighted by atomic mass is 10.2. The van der Waals surface area contributed by atoms with E-state index >= 15 is 0 Å². The molecule has 2 N–H and O–H groups in total. The molecule has 0 bridgehead atoms. The van der Waals surface area contributed by atoms with Gasteiger partial charge in [-0.1, -0.05) is 6.07 Å². The monoisotopic (exact) mass is 325 g/mol. The average Bonchev–Trinajstić information content (AvgIpc) is 3.13. The Balaban J connectivity index is 1.48. The van der Waals surface area contributed by atoms with Crippen LogP contribution in [0.15, 0.2) is 36.5 Å². The number of amides is 2. The summed E-state index contributed by atoms with van der Waals surface area (Å²) in [4.78, 5) is 23.0. The molecule has 0 spiro atoms. The highest BCUT2D eigenvalue weighted by Crippen LogP contribution is 2.18. The Labute approximate surface area is 142 Å². The quantitative estimate of drug-likeness (QED) is 0.885. The number of aromatic nitrogens is 2. The smallest absolute Gasteiger partial charge is 0.315 e. The molecule has 24 heavy (non-hydrogen) atoms. The Morgan fingerprint density at radius 3 is 2.75 bits per heavy atom. The SMILES string of the molecule is Cc1cccc(CNC(=O)NCc2ccnc(N3CCCC3)c2)n1. The van der Waals surface area contributed by atoms with Crippen molar-refractivity contribution < 1.29 is 4.79 Å². The van der Waals surface area contributed by atoms with Gasteiger partial charge in [0.2, 0.25) is 0 Å². The molecule has 0 aliphatic carbocycles. The number of hydrogen-bond acceptors (Lipinski definition) is 4. The van der Waals surface area contributed by atoms with Crippen molar-refractivity contribution in [3.8, 4) is 0 Å². The molecule has 1 aliphatic heterocycles. The molecule has 3 rings (SSSR count). The maximum absolute atomic E-state index is 11.9. The third kappa shape index (κ3) is 4.44. The normalized spacial score (nSPS) is 13.8. The second-order valence-electron chi connectivity index (χ2n) is 6.02. The van der Waals surface area contributed by atoms with E-state index in [0.717, 1.165) is 35.9 Å². The van der Waals surface area contributed by atoms with Gasteiger partial charge in [0.25, 0.3) is 0 Å². The third-order valence-electron chi connectivity index (χ3n) is 4.07. The minimum atomic E-state index is -0.196. The fourth-order valence-corrected chi connectivity index (χ4v) is 2.80. The first-order valence-corrected chi connectivity index (χ1v) is 8.35. The van der Waals surface area contributed by atoms with Crippen molar-refractivity contribution in [3.05, 3.63) is 53.5 Å². The molecule has 1 saturated heterocycles. The molecule has 0 atom stereocenters. The molecule has 0 radical (unpaired) electrons. The number of nitrogens with one attached hydrogen (secondary N) is 2. The van der Waals surface area contributed by atoms with Gasteiger partial charge in [-0.2, -0.15) is 0 Å². The first kappa shape index (κ1) is 16.2. The van der Waals surface area contributed by atoms with E-state index in [2.05, 4.69) is 25.5 Å². The fourth-order valence-electron chi connectivity index (χ4n) is 2.80. The maximum atomic E-state index is 11.9. The van der Waals surface area contributed by atoms with Gasteiger partial charge in [-0.25, -0.2) is 9.78 Å². The number of nitrogens with zero attached hydrogens (tertiary/aromatic N) is 3. The Morgan fingerprint density at radius 1 is 1.17 bits per heavy atom. The number of carbonyl (C=O) groups excluding carboxylic acids is 1. The van der Waals surface area contributed by atoms with Crippen LogP contribution in [0.2, 0.25) is 0 Å². The largest absolute Gasteiger partial charge is 0.357 e. The number of anilines is 1. The van der Waals surface area contributed by atoms with E-state index in [9.17, 15) is 4.79 Å². The maximum Gasteiger partial charge on any atom is 0.315 e. The average molecular weight is 325 g/mol. The van der Waals surface area contributed by atoms with E-state index in [1.54, 1.807) is 6.20 Å². The standard InChI is InChI=1S/C18H23N5O/c1-14-5-4-6-16(22-14)13-21-18(24)20-12-15-7-8-19-17(11-15)23-9-2-3-10-23/h4-8,11H,2-3,9-10,12-13H2,1H3,(H2,20,21,24). The predicted molar refractivity (Wildman–Crippen MR) is 93.7 cm³/mol. The van der Waals surface area contributed by atoms with Crippen molar-refractivity contribution >= 4 is 11.8 Å². The van der Waals surface area contributed by atoms with Crippen LogP contribution in [0.1, 0.15) is 29.8 Å². The molecule has 0 saturated carbocycles. The molecule has 2 aromatic rings. The number of hydrogen-bond donors (Lipinski definition) is 2. The van der Waals surface area contributed by atoms with Crippen LogP contribution in [0.5, 0.6) is 0 Å². The van der Waals surface area contributed by atoms with E-state index < -0.39 is 0 Å². The summed E-state index contributed by atoms with van der Waals surface area (Å²) in [5, 5.41) is 5.71. The summed E-state index contributed by atoms with van der Waals surface area (Å²) >= 11 is 0. The van der Waals surface area contributed by atoms with E-state index in [-0.39, 0.29) is 6.03 Å². The molecular formula is C18H23N5O. The van der Waals surface area contributed by atoms with Crippen molar-refractivity contribution in [2.45, 2.75) is 32.9 Å². The lowest BCUT2D eigenvalue weighted by Gasteiger charge is -2.17. The number of urea groups is 1. The highest BCUT2D eigenvalue weighted by molar-refractivity contribution is 5.73. The zero-order valence-corrected chi connectivity index (χ0v) is 14.0. The van der Waals surface area contributed by atoms with Crippen LogP contribution < -0.4 is 15.5 Å². The summed E-state index contributed by atoms with van der Waals surface area (Å²) in [6, 6.07) is 9.56. The Kier molecular flexibility index (Phi) is 5.25. The fraction of sp³-hybridized carbons (Fsp3) is 0.389. The van der Waals surface area contributed by atoms with Gasteiger partial charge in [0, 0.05) is 31.5 Å². The van der Waals surface area contributed by atoms with E-state index in [1.165, 1.54) is 12.8 Å². The van der Waals surface area contributed by atoms with Gasteiger partial charge in [-0.05, 0) is 49.6 Å². The Hall–Kier alpha value is -2.63. The van der Waals surface area contributed by atoms with E-state index in [1.807, 2.05) is 37.3 Å². The zero-order chi connectivity index (χ0) is 16.8. The Bertz CT molecular complexity index is 697. The summed E-state index contributed by atoms with van der Waals surface area (Å²) in [6.07, 6.45) is 4.25. The van der Waals surface area contributed by atoms with Gasteiger partial charge in [-0.3, -0.25) is 4.98 Å². The first-order chi connectivity index (χ1) is 11.7. The summed E-state index contributed by atoms with van der Waals surface area (Å²) < 4.78 is 0. The topological polar surface area (TPSA) is 70.2 Å². The molecule has 0 aromatic carbocycles. The second-order valence-corrected chi connectivity index (χ2v) is 6.02. The van der Waals surface area contributed by atoms with E-state index in [0.29, 0.717) is 13.1 Å². The Morgan fingerprint density at radius 2 is 1.96 bits per heavy atom. The van der Waals surface area contributed by atoms with Crippen LogP contribution in [-0.4, -0.2) is 29.1 Å². The molecule has 2 aromatic heterocycles. The number of aryl methyl sites for hydroxylation is 1. The third-order valence-corrected chi connectivity index (χ3v) is 4.07. The molecule has 1 aliphatic rings. The lowest BCUT2D eigenvalue weighted by Crippen LogP contribution is -2.34.